The second-order valence-electron chi connectivity index (χ2n) is 7.41. The number of ketones is 1. The summed E-state index contributed by atoms with van der Waals surface area (Å²) in [5.41, 5.74) is 0.282. The summed E-state index contributed by atoms with van der Waals surface area (Å²) in [6.07, 6.45) is 5.57. The van der Waals surface area contributed by atoms with Crippen LogP contribution >= 0.6 is 0 Å². The minimum absolute atomic E-state index is 0.0199. The maximum Gasteiger partial charge on any atom is 0.171 e. The molecular weight excluding hydrogens is 280 g/mol. The Morgan fingerprint density at radius 1 is 1.38 bits per heavy atom. The lowest BCUT2D eigenvalue weighted by Gasteiger charge is -2.32. The zero-order valence-corrected chi connectivity index (χ0v) is 15.7. The summed E-state index contributed by atoms with van der Waals surface area (Å²) in [6.45, 7) is 13.7. The van der Waals surface area contributed by atoms with E-state index in [9.17, 15) is 4.79 Å². The average Bonchev–Trinajstić information content (AvgIpc) is 2.34. The van der Waals surface area contributed by atoms with Gasteiger partial charge in [0.25, 0.3) is 0 Å². The molecule has 0 saturated heterocycles. The molecule has 1 rings (SSSR count). The molecule has 122 valence electrons. The van der Waals surface area contributed by atoms with Gasteiger partial charge in [0.1, 0.15) is 0 Å². The summed E-state index contributed by atoms with van der Waals surface area (Å²) in [5, 5.41) is 0. The molecule has 1 aliphatic carbocycles. The van der Waals surface area contributed by atoms with E-state index in [2.05, 4.69) is 33.9 Å². The first kappa shape index (κ1) is 18.4. The Morgan fingerprint density at radius 3 is 2.52 bits per heavy atom. The second-order valence-corrected chi connectivity index (χ2v) is 9.78. The number of hydrogen-bond donors (Lipinski definition) is 0. The van der Waals surface area contributed by atoms with E-state index >= 15 is 0 Å². The number of carbonyl (C=O) groups excluding carboxylic acids is 1. The molecule has 21 heavy (non-hydrogen) atoms. The predicted octanol–water partition coefficient (Wildman–Crippen LogP) is 4.08. The molecule has 2 unspecified atom stereocenters. The highest BCUT2D eigenvalue weighted by molar-refractivity contribution is 6.48. The summed E-state index contributed by atoms with van der Waals surface area (Å²) >= 11 is 0. The number of hydrogen-bond acceptors (Lipinski definition) is 3. The van der Waals surface area contributed by atoms with Gasteiger partial charge in [-0.2, -0.15) is 0 Å². The fourth-order valence-corrected chi connectivity index (χ4v) is 3.76. The van der Waals surface area contributed by atoms with Crippen molar-refractivity contribution in [1.82, 2.24) is 0 Å². The van der Waals surface area contributed by atoms with Gasteiger partial charge in [0.2, 0.25) is 0 Å². The molecule has 0 aromatic rings. The van der Waals surface area contributed by atoms with Gasteiger partial charge in [-0.15, -0.1) is 0 Å². The van der Waals surface area contributed by atoms with Crippen molar-refractivity contribution in [1.29, 1.82) is 0 Å². The second kappa shape index (κ2) is 8.13. The maximum absolute atomic E-state index is 12.4. The van der Waals surface area contributed by atoms with Crippen LogP contribution in [0.5, 0.6) is 0 Å². The first-order chi connectivity index (χ1) is 9.73. The van der Waals surface area contributed by atoms with E-state index in [0.717, 1.165) is 31.4 Å². The molecule has 0 N–H and O–H groups in total. The first-order valence-corrected chi connectivity index (χ1v) is 11.0. The van der Waals surface area contributed by atoms with E-state index in [1.165, 1.54) is 0 Å². The molecule has 1 aliphatic rings. The lowest BCUT2D eigenvalue weighted by Crippen LogP contribution is -2.36. The van der Waals surface area contributed by atoms with Crippen LogP contribution in [0.4, 0.5) is 0 Å². The predicted molar refractivity (Wildman–Crippen MR) is 89.9 cm³/mol. The van der Waals surface area contributed by atoms with Gasteiger partial charge in [-0.3, -0.25) is 4.79 Å². The van der Waals surface area contributed by atoms with E-state index < -0.39 is 9.04 Å². The Labute approximate surface area is 131 Å². The Bertz CT molecular complexity index is 369. The number of carbonyl (C=O) groups is 1. The van der Waals surface area contributed by atoms with Crippen LogP contribution in [-0.4, -0.2) is 27.5 Å². The van der Waals surface area contributed by atoms with Crippen LogP contribution in [0.2, 0.25) is 13.1 Å². The third-order valence-corrected chi connectivity index (χ3v) is 4.67. The minimum Gasteiger partial charge on any atom is -0.498 e. The summed E-state index contributed by atoms with van der Waals surface area (Å²) in [7, 11) is -1.15. The number of rotatable bonds is 7. The van der Waals surface area contributed by atoms with Crippen molar-refractivity contribution in [2.75, 3.05) is 6.61 Å². The highest BCUT2D eigenvalue weighted by atomic mass is 28.3. The highest BCUT2D eigenvalue weighted by Crippen LogP contribution is 2.31. The van der Waals surface area contributed by atoms with Crippen molar-refractivity contribution in [3.8, 4) is 0 Å². The molecule has 0 amide bonds. The molecular formula is C17H32O3Si. The lowest BCUT2D eigenvalue weighted by molar-refractivity contribution is -0.122. The van der Waals surface area contributed by atoms with E-state index in [1.807, 2.05) is 6.92 Å². The minimum atomic E-state index is -1.15. The van der Waals surface area contributed by atoms with E-state index in [1.54, 1.807) is 6.08 Å². The van der Waals surface area contributed by atoms with Gasteiger partial charge in [-0.05, 0) is 44.7 Å². The average molecular weight is 313 g/mol. The van der Waals surface area contributed by atoms with Crippen molar-refractivity contribution < 1.29 is 14.0 Å². The van der Waals surface area contributed by atoms with E-state index in [-0.39, 0.29) is 23.2 Å². The Hall–Kier alpha value is -0.613. The molecule has 0 aliphatic heterocycles. The maximum atomic E-state index is 12.4. The van der Waals surface area contributed by atoms with Crippen LogP contribution in [0, 0.1) is 11.3 Å². The molecule has 0 saturated carbocycles. The molecule has 0 radical (unpaired) electrons. The van der Waals surface area contributed by atoms with Crippen molar-refractivity contribution in [3.05, 3.63) is 11.8 Å². The number of allylic oxidation sites excluding steroid dienone is 2. The topological polar surface area (TPSA) is 35.5 Å². The Kier molecular flexibility index (Phi) is 7.14. The lowest BCUT2D eigenvalue weighted by atomic mass is 9.82. The van der Waals surface area contributed by atoms with Crippen molar-refractivity contribution in [3.63, 3.8) is 0 Å². The molecule has 0 aromatic heterocycles. The normalized spacial score (nSPS) is 21.4. The smallest absolute Gasteiger partial charge is 0.171 e. The summed E-state index contributed by atoms with van der Waals surface area (Å²) in [4.78, 5) is 12.4. The van der Waals surface area contributed by atoms with Crippen molar-refractivity contribution in [2.45, 2.75) is 72.6 Å². The van der Waals surface area contributed by atoms with Crippen LogP contribution in [0.25, 0.3) is 0 Å². The zero-order chi connectivity index (χ0) is 16.0. The Balaban J connectivity index is 2.72. The van der Waals surface area contributed by atoms with Gasteiger partial charge in [-0.25, -0.2) is 0 Å². The van der Waals surface area contributed by atoms with Gasteiger partial charge in [0.15, 0.2) is 14.8 Å². The first-order valence-electron chi connectivity index (χ1n) is 8.25. The van der Waals surface area contributed by atoms with Crippen LogP contribution in [0.1, 0.15) is 53.4 Å². The standard InChI is InChI=1S/C17H32O3Si/c1-7-19-13-8-9-14(15(18)12-13)16(20-21(5)6)10-11-17(2,3)4/h12,14,16,21H,7-11H2,1-6H3. The molecule has 4 heteroatoms. The fourth-order valence-electron chi connectivity index (χ4n) is 2.74. The largest absolute Gasteiger partial charge is 0.498 e. The van der Waals surface area contributed by atoms with Crippen LogP contribution < -0.4 is 0 Å². The van der Waals surface area contributed by atoms with Gasteiger partial charge < -0.3 is 9.16 Å². The Morgan fingerprint density at radius 2 is 2.05 bits per heavy atom. The van der Waals surface area contributed by atoms with Crippen molar-refractivity contribution in [2.24, 2.45) is 11.3 Å². The van der Waals surface area contributed by atoms with E-state index in [4.69, 9.17) is 9.16 Å². The monoisotopic (exact) mass is 312 g/mol. The molecule has 2 atom stereocenters. The van der Waals surface area contributed by atoms with Gasteiger partial charge >= 0.3 is 0 Å². The van der Waals surface area contributed by atoms with Crippen LogP contribution in [0.15, 0.2) is 11.8 Å². The van der Waals surface area contributed by atoms with Gasteiger partial charge in [0.05, 0.1) is 18.5 Å². The molecule has 0 fully saturated rings. The highest BCUT2D eigenvalue weighted by Gasteiger charge is 2.32. The SMILES string of the molecule is CCOC1=CC(=O)C(C(CCC(C)(C)C)O[SiH](C)C)CC1. The third-order valence-electron chi connectivity index (χ3n) is 3.77. The summed E-state index contributed by atoms with van der Waals surface area (Å²) in [5.74, 6) is 1.06. The summed E-state index contributed by atoms with van der Waals surface area (Å²) in [6, 6.07) is 0. The fraction of sp³-hybridized carbons (Fsp3) is 0.824. The molecule has 0 aromatic carbocycles. The summed E-state index contributed by atoms with van der Waals surface area (Å²) < 4.78 is 11.7. The quantitative estimate of drug-likeness (QED) is 0.664. The molecule has 0 heterocycles. The molecule has 0 spiro atoms. The number of ether oxygens (including phenoxy) is 1. The van der Waals surface area contributed by atoms with E-state index in [0.29, 0.717) is 6.61 Å². The van der Waals surface area contributed by atoms with Gasteiger partial charge in [0, 0.05) is 18.4 Å². The molecule has 0 bridgehead atoms. The zero-order valence-electron chi connectivity index (χ0n) is 14.6. The molecule has 3 nitrogen and oxygen atoms in total. The van der Waals surface area contributed by atoms with Crippen LogP contribution in [0.3, 0.4) is 0 Å². The van der Waals surface area contributed by atoms with Crippen LogP contribution in [-0.2, 0) is 14.0 Å². The van der Waals surface area contributed by atoms with Crippen molar-refractivity contribution >= 4 is 14.8 Å². The van der Waals surface area contributed by atoms with Gasteiger partial charge in [-0.1, -0.05) is 20.8 Å². The third kappa shape index (κ3) is 6.79.